The van der Waals surface area contributed by atoms with E-state index in [1.165, 1.54) is 12.8 Å². The molecule has 3 N–H and O–H groups in total. The normalized spacial score (nSPS) is 22.7. The first-order valence-electron chi connectivity index (χ1n) is 6.95. The second-order valence-electron chi connectivity index (χ2n) is 5.29. The molecule has 2 amide bonds. The zero-order chi connectivity index (χ0) is 13.8. The van der Waals surface area contributed by atoms with Crippen LogP contribution in [0.1, 0.15) is 44.8 Å². The van der Waals surface area contributed by atoms with E-state index in [4.69, 9.17) is 0 Å². The van der Waals surface area contributed by atoms with Crippen molar-refractivity contribution in [2.45, 2.75) is 45.3 Å². The molecular weight excluding hydrogens is 240 g/mol. The lowest BCUT2D eigenvalue weighted by Gasteiger charge is -2.10. The van der Waals surface area contributed by atoms with Gasteiger partial charge in [0.1, 0.15) is 0 Å². The van der Waals surface area contributed by atoms with E-state index in [1.807, 2.05) is 18.2 Å². The third-order valence-electron chi connectivity index (χ3n) is 3.53. The quantitative estimate of drug-likeness (QED) is 0.763. The number of carbonyl (C=O) groups excluding carboxylic acids is 1. The number of anilines is 1. The summed E-state index contributed by atoms with van der Waals surface area (Å²) in [6.07, 6.45) is 2.92. The highest BCUT2D eigenvalue weighted by molar-refractivity contribution is 5.89. The van der Waals surface area contributed by atoms with Crippen molar-refractivity contribution in [2.24, 2.45) is 5.92 Å². The summed E-state index contributed by atoms with van der Waals surface area (Å²) in [6.45, 7) is 3.87. The van der Waals surface area contributed by atoms with Crippen LogP contribution in [0.5, 0.6) is 0 Å². The van der Waals surface area contributed by atoms with Crippen LogP contribution in [0.4, 0.5) is 10.5 Å². The lowest BCUT2D eigenvalue weighted by atomic mass is 10.1. The highest BCUT2D eigenvalue weighted by atomic mass is 16.3. The van der Waals surface area contributed by atoms with Crippen molar-refractivity contribution < 1.29 is 9.90 Å². The maximum Gasteiger partial charge on any atom is 0.319 e. The zero-order valence-electron chi connectivity index (χ0n) is 11.5. The SMILES string of the molecule is CCCC1CC1NC(=O)Nc1cccc(C(C)O)c1. The molecule has 0 heterocycles. The first-order valence-corrected chi connectivity index (χ1v) is 6.95. The molecule has 3 atom stereocenters. The van der Waals surface area contributed by atoms with Gasteiger partial charge in [-0.2, -0.15) is 0 Å². The number of urea groups is 1. The molecule has 1 aromatic carbocycles. The number of benzene rings is 1. The Kier molecular flexibility index (Phi) is 4.43. The van der Waals surface area contributed by atoms with Crippen LogP contribution in [0.25, 0.3) is 0 Å². The fourth-order valence-corrected chi connectivity index (χ4v) is 2.33. The predicted octanol–water partition coefficient (Wildman–Crippen LogP) is 3.05. The van der Waals surface area contributed by atoms with Gasteiger partial charge in [0.05, 0.1) is 6.10 Å². The fourth-order valence-electron chi connectivity index (χ4n) is 2.33. The van der Waals surface area contributed by atoms with Crippen molar-refractivity contribution in [1.82, 2.24) is 5.32 Å². The Bertz CT molecular complexity index is 446. The number of amides is 2. The second-order valence-corrected chi connectivity index (χ2v) is 5.29. The monoisotopic (exact) mass is 262 g/mol. The smallest absolute Gasteiger partial charge is 0.319 e. The van der Waals surface area contributed by atoms with Crippen molar-refractivity contribution in [3.05, 3.63) is 29.8 Å². The summed E-state index contributed by atoms with van der Waals surface area (Å²) < 4.78 is 0. The van der Waals surface area contributed by atoms with Gasteiger partial charge >= 0.3 is 6.03 Å². The number of aliphatic hydroxyl groups excluding tert-OH is 1. The summed E-state index contributed by atoms with van der Waals surface area (Å²) in [5.74, 6) is 0.652. The van der Waals surface area contributed by atoms with Gasteiger partial charge in [0.2, 0.25) is 0 Å². The van der Waals surface area contributed by atoms with E-state index in [0.29, 0.717) is 17.6 Å². The molecule has 1 saturated carbocycles. The van der Waals surface area contributed by atoms with Gasteiger partial charge in [-0.05, 0) is 43.4 Å². The maximum atomic E-state index is 11.8. The van der Waals surface area contributed by atoms with Crippen molar-refractivity contribution >= 4 is 11.7 Å². The van der Waals surface area contributed by atoms with Gasteiger partial charge in [-0.1, -0.05) is 25.5 Å². The number of hydrogen-bond donors (Lipinski definition) is 3. The Hall–Kier alpha value is -1.55. The first kappa shape index (κ1) is 13.9. The number of nitrogens with one attached hydrogen (secondary N) is 2. The van der Waals surface area contributed by atoms with Crippen LogP contribution in [-0.2, 0) is 0 Å². The summed E-state index contributed by atoms with van der Waals surface area (Å²) in [4.78, 5) is 11.8. The van der Waals surface area contributed by atoms with Crippen LogP contribution in [-0.4, -0.2) is 17.2 Å². The highest BCUT2D eigenvalue weighted by Gasteiger charge is 2.37. The topological polar surface area (TPSA) is 61.4 Å². The standard InChI is InChI=1S/C15H22N2O2/c1-3-5-12-9-14(12)17-15(19)16-13-7-4-6-11(8-13)10(2)18/h4,6-8,10,12,14,18H,3,5,9H2,1-2H3,(H2,16,17,19). The van der Waals surface area contributed by atoms with Gasteiger partial charge in [-0.15, -0.1) is 0 Å². The van der Waals surface area contributed by atoms with Gasteiger partial charge in [-0.25, -0.2) is 4.79 Å². The van der Waals surface area contributed by atoms with Crippen LogP contribution in [0.15, 0.2) is 24.3 Å². The molecule has 104 valence electrons. The summed E-state index contributed by atoms with van der Waals surface area (Å²) >= 11 is 0. The van der Waals surface area contributed by atoms with Crippen LogP contribution < -0.4 is 10.6 Å². The van der Waals surface area contributed by atoms with E-state index in [2.05, 4.69) is 17.6 Å². The molecule has 0 aromatic heterocycles. The Balaban J connectivity index is 1.84. The molecule has 4 heteroatoms. The van der Waals surface area contributed by atoms with E-state index in [9.17, 15) is 9.90 Å². The van der Waals surface area contributed by atoms with E-state index in [-0.39, 0.29) is 6.03 Å². The largest absolute Gasteiger partial charge is 0.389 e. The molecule has 0 spiro atoms. The van der Waals surface area contributed by atoms with Crippen molar-refractivity contribution in [2.75, 3.05) is 5.32 Å². The molecule has 3 unspecified atom stereocenters. The van der Waals surface area contributed by atoms with Crippen LogP contribution in [0.3, 0.4) is 0 Å². The number of aliphatic hydroxyl groups is 1. The van der Waals surface area contributed by atoms with Crippen LogP contribution in [0.2, 0.25) is 0 Å². The molecule has 0 bridgehead atoms. The highest BCUT2D eigenvalue weighted by Crippen LogP contribution is 2.34. The van der Waals surface area contributed by atoms with Gasteiger partial charge in [0.15, 0.2) is 0 Å². The van der Waals surface area contributed by atoms with Gasteiger partial charge in [0.25, 0.3) is 0 Å². The van der Waals surface area contributed by atoms with Crippen molar-refractivity contribution in [3.63, 3.8) is 0 Å². The lowest BCUT2D eigenvalue weighted by Crippen LogP contribution is -2.31. The fraction of sp³-hybridized carbons (Fsp3) is 0.533. The second kappa shape index (κ2) is 6.06. The molecule has 2 rings (SSSR count). The Labute approximate surface area is 114 Å². The Morgan fingerprint density at radius 2 is 2.32 bits per heavy atom. The molecule has 0 aliphatic heterocycles. The molecule has 0 radical (unpaired) electrons. The number of rotatable bonds is 5. The first-order chi connectivity index (χ1) is 9.10. The molecule has 1 aliphatic carbocycles. The third-order valence-corrected chi connectivity index (χ3v) is 3.53. The average molecular weight is 262 g/mol. The minimum atomic E-state index is -0.526. The Morgan fingerprint density at radius 3 is 3.00 bits per heavy atom. The van der Waals surface area contributed by atoms with E-state index in [1.54, 1.807) is 13.0 Å². The molecular formula is C15H22N2O2. The number of hydrogen-bond acceptors (Lipinski definition) is 2. The molecule has 1 aliphatic rings. The predicted molar refractivity (Wildman–Crippen MR) is 76.0 cm³/mol. The van der Waals surface area contributed by atoms with Crippen molar-refractivity contribution in [3.8, 4) is 0 Å². The average Bonchev–Trinajstić information content (AvgIpc) is 3.07. The van der Waals surface area contributed by atoms with Crippen LogP contribution >= 0.6 is 0 Å². The lowest BCUT2D eigenvalue weighted by molar-refractivity contribution is 0.199. The minimum absolute atomic E-state index is 0.161. The van der Waals surface area contributed by atoms with Gasteiger partial charge in [0, 0.05) is 11.7 Å². The molecule has 4 nitrogen and oxygen atoms in total. The van der Waals surface area contributed by atoms with Gasteiger partial charge < -0.3 is 15.7 Å². The third kappa shape index (κ3) is 3.96. The summed E-state index contributed by atoms with van der Waals surface area (Å²) in [5, 5.41) is 15.3. The zero-order valence-corrected chi connectivity index (χ0v) is 11.5. The van der Waals surface area contributed by atoms with Crippen molar-refractivity contribution in [1.29, 1.82) is 0 Å². The molecule has 1 fully saturated rings. The van der Waals surface area contributed by atoms with E-state index < -0.39 is 6.10 Å². The number of carbonyl (C=O) groups is 1. The summed E-state index contributed by atoms with van der Waals surface area (Å²) in [5.41, 5.74) is 1.51. The molecule has 0 saturated heterocycles. The minimum Gasteiger partial charge on any atom is -0.389 e. The van der Waals surface area contributed by atoms with Gasteiger partial charge in [-0.3, -0.25) is 0 Å². The molecule has 1 aromatic rings. The molecule has 19 heavy (non-hydrogen) atoms. The van der Waals surface area contributed by atoms with E-state index in [0.717, 1.165) is 12.0 Å². The Morgan fingerprint density at radius 1 is 1.53 bits per heavy atom. The maximum absolute atomic E-state index is 11.8. The van der Waals surface area contributed by atoms with E-state index >= 15 is 0 Å². The summed E-state index contributed by atoms with van der Waals surface area (Å²) in [6, 6.07) is 7.45. The summed E-state index contributed by atoms with van der Waals surface area (Å²) in [7, 11) is 0. The van der Waals surface area contributed by atoms with Crippen LogP contribution in [0, 0.1) is 5.92 Å².